The van der Waals surface area contributed by atoms with Crippen LogP contribution >= 0.6 is 15.9 Å². The van der Waals surface area contributed by atoms with Gasteiger partial charge in [-0.15, -0.1) is 0 Å². The molecule has 0 aliphatic heterocycles. The van der Waals surface area contributed by atoms with Crippen molar-refractivity contribution in [3.8, 4) is 11.4 Å². The minimum absolute atomic E-state index is 0.0226. The van der Waals surface area contributed by atoms with E-state index in [0.717, 1.165) is 10.0 Å². The largest absolute Gasteiger partial charge is 0.338 e. The summed E-state index contributed by atoms with van der Waals surface area (Å²) in [6.07, 6.45) is 0. The van der Waals surface area contributed by atoms with Crippen molar-refractivity contribution < 1.29 is 12.9 Å². The standard InChI is InChI=1S/C17H16BrN3O3S/c1-2-21(25(22,23)15-10-8-14(18)9-11-15)12-16-19-17(20-24-16)13-6-4-3-5-7-13/h3-11H,2,12H2,1H3. The molecule has 0 unspecified atom stereocenters. The molecule has 1 heterocycles. The molecule has 0 saturated heterocycles. The SMILES string of the molecule is CCN(Cc1nc(-c2ccccc2)no1)S(=O)(=O)c1ccc(Br)cc1. The van der Waals surface area contributed by atoms with Crippen LogP contribution in [0.2, 0.25) is 0 Å². The van der Waals surface area contributed by atoms with E-state index in [0.29, 0.717) is 12.4 Å². The van der Waals surface area contributed by atoms with Crippen LogP contribution in [0.25, 0.3) is 11.4 Å². The number of halogens is 1. The van der Waals surface area contributed by atoms with Crippen LogP contribution in [0.1, 0.15) is 12.8 Å². The number of hydrogen-bond acceptors (Lipinski definition) is 5. The molecule has 25 heavy (non-hydrogen) atoms. The summed E-state index contributed by atoms with van der Waals surface area (Å²) in [4.78, 5) is 4.52. The van der Waals surface area contributed by atoms with Crippen molar-refractivity contribution in [3.63, 3.8) is 0 Å². The highest BCUT2D eigenvalue weighted by atomic mass is 79.9. The van der Waals surface area contributed by atoms with Crippen LogP contribution in [0.5, 0.6) is 0 Å². The van der Waals surface area contributed by atoms with E-state index in [-0.39, 0.29) is 17.3 Å². The van der Waals surface area contributed by atoms with Crippen molar-refractivity contribution in [3.05, 3.63) is 65.0 Å². The maximum Gasteiger partial charge on any atom is 0.243 e. The molecule has 0 amide bonds. The van der Waals surface area contributed by atoms with Crippen LogP contribution in [0.15, 0.2) is 68.5 Å². The Morgan fingerprint density at radius 3 is 2.40 bits per heavy atom. The van der Waals surface area contributed by atoms with Gasteiger partial charge in [0.25, 0.3) is 0 Å². The Balaban J connectivity index is 1.83. The summed E-state index contributed by atoms with van der Waals surface area (Å²) in [7, 11) is -3.64. The van der Waals surface area contributed by atoms with E-state index < -0.39 is 10.0 Å². The van der Waals surface area contributed by atoms with Crippen LogP contribution < -0.4 is 0 Å². The van der Waals surface area contributed by atoms with E-state index in [1.165, 1.54) is 4.31 Å². The smallest absolute Gasteiger partial charge is 0.243 e. The van der Waals surface area contributed by atoms with Crippen molar-refractivity contribution in [2.45, 2.75) is 18.4 Å². The van der Waals surface area contributed by atoms with Gasteiger partial charge in [0.2, 0.25) is 21.7 Å². The fourth-order valence-electron chi connectivity index (χ4n) is 2.30. The minimum Gasteiger partial charge on any atom is -0.338 e. The molecule has 0 aliphatic carbocycles. The second-order valence-electron chi connectivity index (χ2n) is 5.26. The molecule has 3 rings (SSSR count). The molecule has 0 saturated carbocycles. The second-order valence-corrected chi connectivity index (χ2v) is 8.12. The highest BCUT2D eigenvalue weighted by Gasteiger charge is 2.25. The molecule has 3 aromatic rings. The van der Waals surface area contributed by atoms with Crippen molar-refractivity contribution in [1.29, 1.82) is 0 Å². The summed E-state index contributed by atoms with van der Waals surface area (Å²) in [5.41, 5.74) is 0.816. The van der Waals surface area contributed by atoms with Crippen molar-refractivity contribution in [2.24, 2.45) is 0 Å². The van der Waals surface area contributed by atoms with Gasteiger partial charge >= 0.3 is 0 Å². The van der Waals surface area contributed by atoms with Crippen LogP contribution in [0.4, 0.5) is 0 Å². The lowest BCUT2D eigenvalue weighted by Crippen LogP contribution is -2.30. The third-order valence-electron chi connectivity index (χ3n) is 3.62. The molecule has 0 atom stereocenters. The number of nitrogens with zero attached hydrogens (tertiary/aromatic N) is 3. The first-order valence-electron chi connectivity index (χ1n) is 7.64. The Labute approximate surface area is 154 Å². The van der Waals surface area contributed by atoms with Gasteiger partial charge in [-0.05, 0) is 24.3 Å². The molecule has 0 fully saturated rings. The van der Waals surface area contributed by atoms with Crippen LogP contribution in [0, 0.1) is 0 Å². The van der Waals surface area contributed by atoms with Gasteiger partial charge in [0.15, 0.2) is 0 Å². The monoisotopic (exact) mass is 421 g/mol. The molecular weight excluding hydrogens is 406 g/mol. The average Bonchev–Trinajstić information content (AvgIpc) is 3.09. The molecule has 2 aromatic carbocycles. The van der Waals surface area contributed by atoms with E-state index in [1.54, 1.807) is 31.2 Å². The second kappa shape index (κ2) is 7.47. The third kappa shape index (κ3) is 3.97. The molecule has 8 heteroatoms. The first-order chi connectivity index (χ1) is 12.0. The van der Waals surface area contributed by atoms with Crippen molar-refractivity contribution in [2.75, 3.05) is 6.54 Å². The maximum atomic E-state index is 12.8. The summed E-state index contributed by atoms with van der Waals surface area (Å²) >= 11 is 3.30. The van der Waals surface area contributed by atoms with Gasteiger partial charge < -0.3 is 4.52 Å². The van der Waals surface area contributed by atoms with Crippen LogP contribution in [0.3, 0.4) is 0 Å². The lowest BCUT2D eigenvalue weighted by molar-refractivity contribution is 0.321. The molecule has 0 N–H and O–H groups in total. The van der Waals surface area contributed by atoms with Gasteiger partial charge in [0, 0.05) is 16.6 Å². The predicted octanol–water partition coefficient (Wildman–Crippen LogP) is 3.71. The van der Waals surface area contributed by atoms with Crippen LogP contribution in [-0.2, 0) is 16.6 Å². The number of rotatable bonds is 6. The Hall–Kier alpha value is -2.03. The Bertz CT molecular complexity index is 941. The Kier molecular flexibility index (Phi) is 5.31. The molecule has 0 aliphatic rings. The van der Waals surface area contributed by atoms with Gasteiger partial charge in [0.05, 0.1) is 11.4 Å². The number of sulfonamides is 1. The van der Waals surface area contributed by atoms with E-state index >= 15 is 0 Å². The molecular formula is C17H16BrN3O3S. The van der Waals surface area contributed by atoms with Gasteiger partial charge in [-0.2, -0.15) is 9.29 Å². The third-order valence-corrected chi connectivity index (χ3v) is 6.08. The zero-order valence-electron chi connectivity index (χ0n) is 13.5. The van der Waals surface area contributed by atoms with Gasteiger partial charge in [-0.1, -0.05) is 58.3 Å². The summed E-state index contributed by atoms with van der Waals surface area (Å²) in [5.74, 6) is 0.689. The first-order valence-corrected chi connectivity index (χ1v) is 9.87. The van der Waals surface area contributed by atoms with Gasteiger partial charge in [0.1, 0.15) is 0 Å². The van der Waals surface area contributed by atoms with Crippen molar-refractivity contribution >= 4 is 26.0 Å². The fraction of sp³-hybridized carbons (Fsp3) is 0.176. The fourth-order valence-corrected chi connectivity index (χ4v) is 3.96. The number of aromatic nitrogens is 2. The number of benzene rings is 2. The van der Waals surface area contributed by atoms with Crippen LogP contribution in [-0.4, -0.2) is 29.4 Å². The zero-order chi connectivity index (χ0) is 17.9. The topological polar surface area (TPSA) is 76.3 Å². The highest BCUT2D eigenvalue weighted by molar-refractivity contribution is 9.10. The Morgan fingerprint density at radius 2 is 1.76 bits per heavy atom. The van der Waals surface area contributed by atoms with E-state index in [2.05, 4.69) is 26.1 Å². The van der Waals surface area contributed by atoms with Crippen molar-refractivity contribution in [1.82, 2.24) is 14.4 Å². The van der Waals surface area contributed by atoms with Gasteiger partial charge in [-0.25, -0.2) is 8.42 Å². The number of hydrogen-bond donors (Lipinski definition) is 0. The molecule has 0 radical (unpaired) electrons. The van der Waals surface area contributed by atoms with E-state index in [1.807, 2.05) is 30.3 Å². The normalized spacial score (nSPS) is 11.8. The minimum atomic E-state index is -3.64. The Morgan fingerprint density at radius 1 is 1.08 bits per heavy atom. The molecule has 0 bridgehead atoms. The van der Waals surface area contributed by atoms with E-state index in [9.17, 15) is 8.42 Å². The first kappa shape index (κ1) is 17.8. The molecule has 1 aromatic heterocycles. The maximum absolute atomic E-state index is 12.8. The molecule has 130 valence electrons. The lowest BCUT2D eigenvalue weighted by atomic mass is 10.2. The summed E-state index contributed by atoms with van der Waals surface area (Å²) in [5, 5.41) is 3.93. The summed E-state index contributed by atoms with van der Waals surface area (Å²) < 4.78 is 32.9. The highest BCUT2D eigenvalue weighted by Crippen LogP contribution is 2.21. The lowest BCUT2D eigenvalue weighted by Gasteiger charge is -2.18. The quantitative estimate of drug-likeness (QED) is 0.606. The average molecular weight is 422 g/mol. The predicted molar refractivity (Wildman–Crippen MR) is 97.1 cm³/mol. The van der Waals surface area contributed by atoms with E-state index in [4.69, 9.17) is 4.52 Å². The summed E-state index contributed by atoms with van der Waals surface area (Å²) in [6.45, 7) is 2.08. The molecule has 0 spiro atoms. The summed E-state index contributed by atoms with van der Waals surface area (Å²) in [6, 6.07) is 15.9. The zero-order valence-corrected chi connectivity index (χ0v) is 15.9. The van der Waals surface area contributed by atoms with Gasteiger partial charge in [-0.3, -0.25) is 0 Å². The molecule has 6 nitrogen and oxygen atoms in total.